The average molecular weight is 219 g/mol. The molecule has 0 spiro atoms. The van der Waals surface area contributed by atoms with Crippen LogP contribution in [0.1, 0.15) is 25.3 Å². The highest BCUT2D eigenvalue weighted by Crippen LogP contribution is 2.19. The van der Waals surface area contributed by atoms with E-state index in [-0.39, 0.29) is 0 Å². The van der Waals surface area contributed by atoms with Crippen molar-refractivity contribution in [1.82, 2.24) is 10.3 Å². The van der Waals surface area contributed by atoms with Crippen LogP contribution >= 0.6 is 0 Å². The SMILES string of the molecule is CCNC1CCCN(c2cncc(C)c2)C1. The molecule has 1 N–H and O–H groups in total. The second-order valence-corrected chi connectivity index (χ2v) is 4.56. The molecule has 0 aromatic carbocycles. The fourth-order valence-electron chi connectivity index (χ4n) is 2.38. The van der Waals surface area contributed by atoms with Gasteiger partial charge in [-0.25, -0.2) is 0 Å². The van der Waals surface area contributed by atoms with E-state index in [1.54, 1.807) is 0 Å². The molecule has 0 amide bonds. The van der Waals surface area contributed by atoms with Crippen LogP contribution < -0.4 is 10.2 Å². The summed E-state index contributed by atoms with van der Waals surface area (Å²) in [7, 11) is 0. The fourth-order valence-corrected chi connectivity index (χ4v) is 2.38. The van der Waals surface area contributed by atoms with Gasteiger partial charge in [-0.15, -0.1) is 0 Å². The van der Waals surface area contributed by atoms with Gasteiger partial charge in [0.1, 0.15) is 0 Å². The summed E-state index contributed by atoms with van der Waals surface area (Å²) in [5.74, 6) is 0. The first-order chi connectivity index (χ1) is 7.79. The quantitative estimate of drug-likeness (QED) is 0.842. The number of aromatic nitrogens is 1. The number of rotatable bonds is 3. The van der Waals surface area contributed by atoms with Gasteiger partial charge in [0.15, 0.2) is 0 Å². The molecule has 0 bridgehead atoms. The minimum absolute atomic E-state index is 0.638. The van der Waals surface area contributed by atoms with Gasteiger partial charge in [0.25, 0.3) is 0 Å². The molecule has 0 aliphatic carbocycles. The molecule has 2 rings (SSSR count). The Morgan fingerprint density at radius 2 is 2.38 bits per heavy atom. The van der Waals surface area contributed by atoms with E-state index in [2.05, 4.69) is 35.1 Å². The van der Waals surface area contributed by atoms with Crippen LogP contribution in [0.15, 0.2) is 18.5 Å². The average Bonchev–Trinajstić information content (AvgIpc) is 2.30. The Labute approximate surface area is 97.9 Å². The van der Waals surface area contributed by atoms with Gasteiger partial charge < -0.3 is 10.2 Å². The lowest BCUT2D eigenvalue weighted by Crippen LogP contribution is -2.45. The van der Waals surface area contributed by atoms with Gasteiger partial charge in [0.2, 0.25) is 0 Å². The Kier molecular flexibility index (Phi) is 3.78. The summed E-state index contributed by atoms with van der Waals surface area (Å²) in [6.07, 6.45) is 6.45. The van der Waals surface area contributed by atoms with Gasteiger partial charge in [0.05, 0.1) is 11.9 Å². The maximum absolute atomic E-state index is 4.27. The molecular weight excluding hydrogens is 198 g/mol. The third kappa shape index (κ3) is 2.73. The molecule has 3 nitrogen and oxygen atoms in total. The smallest absolute Gasteiger partial charge is 0.0555 e. The van der Waals surface area contributed by atoms with Crippen molar-refractivity contribution in [2.24, 2.45) is 0 Å². The molecule has 1 aliphatic heterocycles. The summed E-state index contributed by atoms with van der Waals surface area (Å²) in [4.78, 5) is 6.71. The first-order valence-electron chi connectivity index (χ1n) is 6.19. The highest BCUT2D eigenvalue weighted by molar-refractivity contribution is 5.46. The standard InChI is InChI=1S/C13H21N3/c1-3-15-12-5-4-6-16(10-12)13-7-11(2)8-14-9-13/h7-9,12,15H,3-6,10H2,1-2H3. The van der Waals surface area contributed by atoms with Crippen LogP contribution in [-0.2, 0) is 0 Å². The minimum atomic E-state index is 0.638. The van der Waals surface area contributed by atoms with Crippen molar-refractivity contribution in [3.05, 3.63) is 24.0 Å². The Balaban J connectivity index is 2.03. The maximum atomic E-state index is 4.27. The lowest BCUT2D eigenvalue weighted by Gasteiger charge is -2.34. The second kappa shape index (κ2) is 5.30. The van der Waals surface area contributed by atoms with E-state index in [1.807, 2.05) is 12.4 Å². The monoisotopic (exact) mass is 219 g/mol. The van der Waals surface area contributed by atoms with Crippen LogP contribution in [0.2, 0.25) is 0 Å². The topological polar surface area (TPSA) is 28.2 Å². The number of pyridine rings is 1. The molecule has 0 saturated carbocycles. The third-order valence-corrected chi connectivity index (χ3v) is 3.14. The predicted octanol–water partition coefficient (Wildman–Crippen LogP) is 1.97. The van der Waals surface area contributed by atoms with Crippen molar-refractivity contribution < 1.29 is 0 Å². The Bertz CT molecular complexity index is 336. The second-order valence-electron chi connectivity index (χ2n) is 4.56. The van der Waals surface area contributed by atoms with Crippen LogP contribution in [0.25, 0.3) is 0 Å². The Morgan fingerprint density at radius 3 is 3.12 bits per heavy atom. The molecule has 1 fully saturated rings. The number of nitrogens with one attached hydrogen (secondary N) is 1. The van der Waals surface area contributed by atoms with Crippen LogP contribution in [-0.4, -0.2) is 30.7 Å². The number of piperidine rings is 1. The highest BCUT2D eigenvalue weighted by atomic mass is 15.2. The van der Waals surface area contributed by atoms with Crippen LogP contribution in [0.3, 0.4) is 0 Å². The third-order valence-electron chi connectivity index (χ3n) is 3.14. The first-order valence-corrected chi connectivity index (χ1v) is 6.19. The Morgan fingerprint density at radius 1 is 1.50 bits per heavy atom. The molecule has 2 heterocycles. The largest absolute Gasteiger partial charge is 0.369 e. The van der Waals surface area contributed by atoms with Crippen LogP contribution in [0.5, 0.6) is 0 Å². The molecule has 1 atom stereocenters. The lowest BCUT2D eigenvalue weighted by molar-refractivity contribution is 0.431. The molecule has 3 heteroatoms. The molecule has 1 saturated heterocycles. The molecule has 1 unspecified atom stereocenters. The summed E-state index contributed by atoms with van der Waals surface area (Å²) < 4.78 is 0. The normalized spacial score (nSPS) is 21.1. The van der Waals surface area contributed by atoms with Gasteiger partial charge in [-0.2, -0.15) is 0 Å². The van der Waals surface area contributed by atoms with Crippen LogP contribution in [0, 0.1) is 6.92 Å². The summed E-state index contributed by atoms with van der Waals surface area (Å²) in [5, 5.41) is 3.54. The van der Waals surface area contributed by atoms with Gasteiger partial charge in [0, 0.05) is 25.3 Å². The van der Waals surface area contributed by atoms with E-state index in [0.29, 0.717) is 6.04 Å². The number of nitrogens with zero attached hydrogens (tertiary/aromatic N) is 2. The number of hydrogen-bond acceptors (Lipinski definition) is 3. The zero-order chi connectivity index (χ0) is 11.4. The molecule has 0 radical (unpaired) electrons. The molecular formula is C13H21N3. The molecule has 1 aliphatic rings. The molecule has 1 aromatic rings. The minimum Gasteiger partial charge on any atom is -0.369 e. The van der Waals surface area contributed by atoms with Gasteiger partial charge >= 0.3 is 0 Å². The van der Waals surface area contributed by atoms with Crippen molar-refractivity contribution in [2.45, 2.75) is 32.7 Å². The molecule has 88 valence electrons. The van der Waals surface area contributed by atoms with E-state index in [1.165, 1.54) is 24.1 Å². The van der Waals surface area contributed by atoms with E-state index >= 15 is 0 Å². The summed E-state index contributed by atoms with van der Waals surface area (Å²) in [6, 6.07) is 2.86. The number of aryl methyl sites for hydroxylation is 1. The van der Waals surface area contributed by atoms with E-state index in [0.717, 1.165) is 19.6 Å². The van der Waals surface area contributed by atoms with E-state index < -0.39 is 0 Å². The summed E-state index contributed by atoms with van der Waals surface area (Å²) in [5.41, 5.74) is 2.51. The van der Waals surface area contributed by atoms with Crippen LogP contribution in [0.4, 0.5) is 5.69 Å². The number of likely N-dealkylation sites (N-methyl/N-ethyl adjacent to an activating group) is 1. The Hall–Kier alpha value is -1.09. The van der Waals surface area contributed by atoms with E-state index in [9.17, 15) is 0 Å². The van der Waals surface area contributed by atoms with Crippen molar-refractivity contribution in [1.29, 1.82) is 0 Å². The van der Waals surface area contributed by atoms with Crippen molar-refractivity contribution in [3.8, 4) is 0 Å². The van der Waals surface area contributed by atoms with Crippen molar-refractivity contribution >= 4 is 5.69 Å². The molecule has 16 heavy (non-hydrogen) atoms. The summed E-state index contributed by atoms with van der Waals surface area (Å²) >= 11 is 0. The maximum Gasteiger partial charge on any atom is 0.0555 e. The van der Waals surface area contributed by atoms with Gasteiger partial charge in [-0.1, -0.05) is 6.92 Å². The number of hydrogen-bond donors (Lipinski definition) is 1. The van der Waals surface area contributed by atoms with Gasteiger partial charge in [-0.3, -0.25) is 4.98 Å². The zero-order valence-corrected chi connectivity index (χ0v) is 10.2. The van der Waals surface area contributed by atoms with Gasteiger partial charge in [-0.05, 0) is 37.9 Å². The first kappa shape index (κ1) is 11.4. The van der Waals surface area contributed by atoms with Crippen molar-refractivity contribution in [2.75, 3.05) is 24.5 Å². The summed E-state index contributed by atoms with van der Waals surface area (Å²) in [6.45, 7) is 7.60. The zero-order valence-electron chi connectivity index (χ0n) is 10.2. The highest BCUT2D eigenvalue weighted by Gasteiger charge is 2.19. The lowest BCUT2D eigenvalue weighted by atomic mass is 10.1. The predicted molar refractivity (Wildman–Crippen MR) is 67.9 cm³/mol. The van der Waals surface area contributed by atoms with Crippen molar-refractivity contribution in [3.63, 3.8) is 0 Å². The van der Waals surface area contributed by atoms with E-state index in [4.69, 9.17) is 0 Å². The fraction of sp³-hybridized carbons (Fsp3) is 0.615. The molecule has 1 aromatic heterocycles. The number of anilines is 1.